The molecule has 0 aliphatic carbocycles. The first-order valence-electron chi connectivity index (χ1n) is 5.45. The highest BCUT2D eigenvalue weighted by Gasteiger charge is 2.20. The van der Waals surface area contributed by atoms with Gasteiger partial charge in [-0.25, -0.2) is 0 Å². The van der Waals surface area contributed by atoms with Crippen LogP contribution >= 0.6 is 35.0 Å². The molecule has 1 aliphatic heterocycles. The Kier molecular flexibility index (Phi) is 6.03. The fourth-order valence-electron chi connectivity index (χ4n) is 2.10. The monoisotopic (exact) mass is 352 g/mol. The minimum Gasteiger partial charge on any atom is -0.330 e. The lowest BCUT2D eigenvalue weighted by molar-refractivity contribution is 0.318. The number of hydrogen-bond donors (Lipinski definition) is 1. The Labute approximate surface area is 117 Å². The molecule has 16 heavy (non-hydrogen) atoms. The first kappa shape index (κ1) is 14.2. The van der Waals surface area contributed by atoms with Crippen molar-refractivity contribution in [2.75, 3.05) is 19.6 Å². The fraction of sp³-hybridized carbons (Fsp3) is 0.500. The van der Waals surface area contributed by atoms with Gasteiger partial charge in [-0.15, -0.1) is 12.4 Å². The summed E-state index contributed by atoms with van der Waals surface area (Å²) in [6.45, 7) is 4.28. The highest BCUT2D eigenvalue weighted by molar-refractivity contribution is 14.1. The molecule has 4 heteroatoms. The van der Waals surface area contributed by atoms with Crippen molar-refractivity contribution >= 4 is 35.0 Å². The predicted octanol–water partition coefficient (Wildman–Crippen LogP) is 2.49. The Balaban J connectivity index is 0.00000128. The number of nitrogens with zero attached hydrogens (tertiary/aromatic N) is 1. The molecule has 1 aliphatic rings. The molecule has 1 aromatic rings. The molecule has 0 aromatic heterocycles. The van der Waals surface area contributed by atoms with Gasteiger partial charge < -0.3 is 5.73 Å². The summed E-state index contributed by atoms with van der Waals surface area (Å²) in [5.41, 5.74) is 7.09. The van der Waals surface area contributed by atoms with E-state index in [0.717, 1.165) is 13.1 Å². The van der Waals surface area contributed by atoms with Crippen molar-refractivity contribution in [2.24, 2.45) is 11.7 Å². The van der Waals surface area contributed by atoms with Crippen molar-refractivity contribution in [2.45, 2.75) is 13.0 Å². The van der Waals surface area contributed by atoms with E-state index in [1.54, 1.807) is 0 Å². The number of rotatable bonds is 3. The summed E-state index contributed by atoms with van der Waals surface area (Å²) >= 11 is 2.34. The van der Waals surface area contributed by atoms with Gasteiger partial charge in [0, 0.05) is 16.7 Å². The molecule has 2 N–H and O–H groups in total. The molecule has 2 nitrogen and oxygen atoms in total. The van der Waals surface area contributed by atoms with Crippen molar-refractivity contribution in [1.82, 2.24) is 4.90 Å². The number of nitrogens with two attached hydrogens (primary N) is 1. The van der Waals surface area contributed by atoms with Gasteiger partial charge in [0.25, 0.3) is 0 Å². The minimum absolute atomic E-state index is 0. The van der Waals surface area contributed by atoms with Crippen molar-refractivity contribution in [3.63, 3.8) is 0 Å². The first-order chi connectivity index (χ1) is 7.28. The molecule has 2 rings (SSSR count). The predicted molar refractivity (Wildman–Crippen MR) is 78.8 cm³/mol. The topological polar surface area (TPSA) is 29.3 Å². The molecular weight excluding hydrogens is 335 g/mol. The van der Waals surface area contributed by atoms with Crippen molar-refractivity contribution in [3.05, 3.63) is 33.4 Å². The van der Waals surface area contributed by atoms with Crippen LogP contribution in [0.1, 0.15) is 12.0 Å². The Morgan fingerprint density at radius 1 is 1.31 bits per heavy atom. The highest BCUT2D eigenvalue weighted by Crippen LogP contribution is 2.18. The molecule has 1 unspecified atom stereocenters. The normalized spacial score (nSPS) is 20.8. The zero-order chi connectivity index (χ0) is 10.7. The summed E-state index contributed by atoms with van der Waals surface area (Å²) in [6, 6.07) is 8.79. The lowest BCUT2D eigenvalue weighted by Crippen LogP contribution is -2.22. The molecule has 0 saturated carbocycles. The summed E-state index contributed by atoms with van der Waals surface area (Å²) in [6.07, 6.45) is 1.26. The quantitative estimate of drug-likeness (QED) is 0.847. The van der Waals surface area contributed by atoms with Crippen LogP contribution in [0.4, 0.5) is 0 Å². The maximum absolute atomic E-state index is 5.68. The second-order valence-corrected chi connectivity index (χ2v) is 5.50. The summed E-state index contributed by atoms with van der Waals surface area (Å²) < 4.78 is 1.30. The maximum atomic E-state index is 5.68. The third-order valence-corrected chi connectivity index (χ3v) is 3.74. The SMILES string of the molecule is Cl.NCC1CCN(Cc2ccc(I)cc2)C1. The third kappa shape index (κ3) is 3.87. The molecule has 0 spiro atoms. The van der Waals surface area contributed by atoms with E-state index < -0.39 is 0 Å². The second kappa shape index (κ2) is 6.79. The molecule has 0 amide bonds. The van der Waals surface area contributed by atoms with Crippen LogP contribution in [-0.4, -0.2) is 24.5 Å². The molecule has 90 valence electrons. The Morgan fingerprint density at radius 2 is 2.00 bits per heavy atom. The zero-order valence-corrected chi connectivity index (χ0v) is 12.2. The molecule has 1 saturated heterocycles. The van der Waals surface area contributed by atoms with Crippen LogP contribution in [0, 0.1) is 9.49 Å². The number of benzene rings is 1. The van der Waals surface area contributed by atoms with Crippen LogP contribution in [0.3, 0.4) is 0 Å². The Bertz CT molecular complexity index is 315. The van der Waals surface area contributed by atoms with E-state index in [9.17, 15) is 0 Å². The first-order valence-corrected chi connectivity index (χ1v) is 6.52. The standard InChI is InChI=1S/C12H17IN2.ClH/c13-12-3-1-10(2-4-12)8-15-6-5-11(7-14)9-15;/h1-4,11H,5-9,14H2;1H. The van der Waals surface area contributed by atoms with Gasteiger partial charge in [0.15, 0.2) is 0 Å². The number of likely N-dealkylation sites (tertiary alicyclic amines) is 1. The summed E-state index contributed by atoms with van der Waals surface area (Å²) in [4.78, 5) is 2.50. The Morgan fingerprint density at radius 3 is 2.56 bits per heavy atom. The van der Waals surface area contributed by atoms with Crippen molar-refractivity contribution < 1.29 is 0 Å². The zero-order valence-electron chi connectivity index (χ0n) is 9.23. The fourth-order valence-corrected chi connectivity index (χ4v) is 2.46. The van der Waals surface area contributed by atoms with Gasteiger partial charge in [-0.05, 0) is 65.7 Å². The van der Waals surface area contributed by atoms with Crippen molar-refractivity contribution in [3.8, 4) is 0 Å². The molecule has 1 heterocycles. The van der Waals surface area contributed by atoms with E-state index in [1.165, 1.54) is 28.6 Å². The van der Waals surface area contributed by atoms with Gasteiger partial charge in [-0.2, -0.15) is 0 Å². The van der Waals surface area contributed by atoms with Gasteiger partial charge in [-0.3, -0.25) is 4.90 Å². The highest BCUT2D eigenvalue weighted by atomic mass is 127. The summed E-state index contributed by atoms with van der Waals surface area (Å²) in [5, 5.41) is 0. The lowest BCUT2D eigenvalue weighted by Gasteiger charge is -2.15. The second-order valence-electron chi connectivity index (χ2n) is 4.25. The van der Waals surface area contributed by atoms with Gasteiger partial charge in [0.1, 0.15) is 0 Å². The third-order valence-electron chi connectivity index (χ3n) is 3.02. The number of halogens is 2. The molecular formula is C12H18ClIN2. The molecule has 0 bridgehead atoms. The van der Waals surface area contributed by atoms with E-state index in [2.05, 4.69) is 51.8 Å². The maximum Gasteiger partial charge on any atom is 0.0233 e. The van der Waals surface area contributed by atoms with Crippen molar-refractivity contribution in [1.29, 1.82) is 0 Å². The summed E-state index contributed by atoms with van der Waals surface area (Å²) in [5.74, 6) is 0.717. The molecule has 0 radical (unpaired) electrons. The van der Waals surface area contributed by atoms with Crippen LogP contribution in [0.5, 0.6) is 0 Å². The number of hydrogen-bond acceptors (Lipinski definition) is 2. The average Bonchev–Trinajstić information content (AvgIpc) is 2.69. The largest absolute Gasteiger partial charge is 0.330 e. The Hall–Kier alpha value is 0.160. The van der Waals surface area contributed by atoms with Gasteiger partial charge in [0.05, 0.1) is 0 Å². The van der Waals surface area contributed by atoms with Crippen LogP contribution < -0.4 is 5.73 Å². The average molecular weight is 353 g/mol. The van der Waals surface area contributed by atoms with E-state index in [1.807, 2.05) is 0 Å². The van der Waals surface area contributed by atoms with Gasteiger partial charge in [-0.1, -0.05) is 12.1 Å². The van der Waals surface area contributed by atoms with Gasteiger partial charge >= 0.3 is 0 Å². The summed E-state index contributed by atoms with van der Waals surface area (Å²) in [7, 11) is 0. The van der Waals surface area contributed by atoms with E-state index in [-0.39, 0.29) is 12.4 Å². The van der Waals surface area contributed by atoms with E-state index >= 15 is 0 Å². The van der Waals surface area contributed by atoms with Gasteiger partial charge in [0.2, 0.25) is 0 Å². The van der Waals surface area contributed by atoms with Crippen LogP contribution in [0.15, 0.2) is 24.3 Å². The molecule has 1 atom stereocenters. The molecule has 1 fully saturated rings. The van der Waals surface area contributed by atoms with Crippen LogP contribution in [-0.2, 0) is 6.54 Å². The van der Waals surface area contributed by atoms with Crippen LogP contribution in [0.25, 0.3) is 0 Å². The van der Waals surface area contributed by atoms with Crippen LogP contribution in [0.2, 0.25) is 0 Å². The molecule has 1 aromatic carbocycles. The smallest absolute Gasteiger partial charge is 0.0233 e. The lowest BCUT2D eigenvalue weighted by atomic mass is 10.1. The van der Waals surface area contributed by atoms with E-state index in [4.69, 9.17) is 5.73 Å². The van der Waals surface area contributed by atoms with E-state index in [0.29, 0.717) is 5.92 Å². The minimum atomic E-state index is 0.